The van der Waals surface area contributed by atoms with Crippen LogP contribution in [0.25, 0.3) is 0 Å². The van der Waals surface area contributed by atoms with Crippen molar-refractivity contribution >= 4 is 0 Å². The minimum absolute atomic E-state index is 0.461. The number of fused-ring (bicyclic) bond motifs is 5. The lowest BCUT2D eigenvalue weighted by Crippen LogP contribution is -2.23. The minimum atomic E-state index is 0.461. The summed E-state index contributed by atoms with van der Waals surface area (Å²) in [6, 6.07) is 8.86. The van der Waals surface area contributed by atoms with Crippen LogP contribution in [0.15, 0.2) is 24.3 Å². The van der Waals surface area contributed by atoms with E-state index in [1.54, 1.807) is 0 Å². The van der Waals surface area contributed by atoms with Gasteiger partial charge in [0.1, 0.15) is 11.5 Å². The van der Waals surface area contributed by atoms with E-state index in [-0.39, 0.29) is 0 Å². The van der Waals surface area contributed by atoms with E-state index in [0.717, 1.165) is 57.8 Å². The molecule has 2 bridgehead atoms. The molecule has 3 fully saturated rings. The molecule has 30 heavy (non-hydrogen) atoms. The van der Waals surface area contributed by atoms with Gasteiger partial charge in [-0.3, -0.25) is 0 Å². The quantitative estimate of drug-likeness (QED) is 0.618. The lowest BCUT2D eigenvalue weighted by Gasteiger charge is -2.29. The van der Waals surface area contributed by atoms with Crippen molar-refractivity contribution in [2.75, 3.05) is 0 Å². The van der Waals surface area contributed by atoms with Gasteiger partial charge in [0.15, 0.2) is 0 Å². The van der Waals surface area contributed by atoms with Crippen LogP contribution in [0.3, 0.4) is 0 Å². The number of hydrogen-bond acceptors (Lipinski definition) is 2. The molecule has 2 N–H and O–H groups in total. The fourth-order valence-electron chi connectivity index (χ4n) is 7.89. The van der Waals surface area contributed by atoms with Crippen molar-refractivity contribution in [3.05, 3.63) is 57.6 Å². The lowest BCUT2D eigenvalue weighted by atomic mass is 9.76. The van der Waals surface area contributed by atoms with Gasteiger partial charge in [-0.2, -0.15) is 0 Å². The van der Waals surface area contributed by atoms with Gasteiger partial charge in [-0.15, -0.1) is 0 Å². The summed E-state index contributed by atoms with van der Waals surface area (Å²) in [5.41, 5.74) is 6.91. The Bertz CT molecular complexity index is 929. The predicted molar refractivity (Wildman–Crippen MR) is 122 cm³/mol. The fraction of sp³-hybridized carbons (Fsp3) is 0.571. The van der Waals surface area contributed by atoms with E-state index < -0.39 is 0 Å². The van der Waals surface area contributed by atoms with Gasteiger partial charge in [-0.05, 0) is 135 Å². The van der Waals surface area contributed by atoms with E-state index in [2.05, 4.69) is 24.3 Å². The van der Waals surface area contributed by atoms with Crippen LogP contribution in [0.4, 0.5) is 0 Å². The van der Waals surface area contributed by atoms with E-state index in [9.17, 15) is 10.2 Å². The Morgan fingerprint density at radius 2 is 1.10 bits per heavy atom. The normalized spacial score (nSPS) is 32.0. The lowest BCUT2D eigenvalue weighted by molar-refractivity contribution is 0.208. The smallest absolute Gasteiger partial charge is 0.121 e. The summed E-state index contributed by atoms with van der Waals surface area (Å²) in [6.07, 6.45) is 8.00. The summed E-state index contributed by atoms with van der Waals surface area (Å²) >= 11 is 0. The Hall–Kier alpha value is -1.96. The van der Waals surface area contributed by atoms with Crippen molar-refractivity contribution in [3.8, 4) is 11.5 Å². The van der Waals surface area contributed by atoms with Crippen LogP contribution < -0.4 is 0 Å². The molecule has 0 spiro atoms. The number of hydrogen-bond donors (Lipinski definition) is 2. The molecule has 3 saturated carbocycles. The molecule has 6 unspecified atom stereocenters. The highest BCUT2D eigenvalue weighted by Crippen LogP contribution is 2.64. The molecule has 0 aliphatic heterocycles. The molecule has 2 aromatic rings. The monoisotopic (exact) mass is 404 g/mol. The maximum Gasteiger partial charge on any atom is 0.121 e. The van der Waals surface area contributed by atoms with Crippen LogP contribution in [-0.2, 0) is 12.8 Å². The van der Waals surface area contributed by atoms with Gasteiger partial charge in [0.25, 0.3) is 0 Å². The van der Waals surface area contributed by atoms with Gasteiger partial charge in [-0.25, -0.2) is 0 Å². The van der Waals surface area contributed by atoms with Gasteiger partial charge in [0, 0.05) is 0 Å². The molecule has 2 nitrogen and oxygen atoms in total. The fourth-order valence-corrected chi connectivity index (χ4v) is 7.89. The molecule has 5 rings (SSSR count). The van der Waals surface area contributed by atoms with E-state index in [4.69, 9.17) is 0 Å². The van der Waals surface area contributed by atoms with Crippen LogP contribution in [0.2, 0.25) is 0 Å². The summed E-state index contributed by atoms with van der Waals surface area (Å²) < 4.78 is 0. The second-order valence-corrected chi connectivity index (χ2v) is 10.7. The van der Waals surface area contributed by atoms with Gasteiger partial charge >= 0.3 is 0 Å². The molecule has 0 amide bonds. The first kappa shape index (κ1) is 20.0. The number of phenolic OH excluding ortho intramolecular Hbond substituents is 2. The molecule has 6 atom stereocenters. The number of aromatic hydroxyl groups is 2. The van der Waals surface area contributed by atoms with E-state index >= 15 is 0 Å². The molecule has 2 aromatic carbocycles. The Labute approximate surface area is 181 Å². The third kappa shape index (κ3) is 3.15. The van der Waals surface area contributed by atoms with Crippen molar-refractivity contribution in [1.82, 2.24) is 0 Å². The van der Waals surface area contributed by atoms with E-state index in [1.807, 2.05) is 27.7 Å². The second-order valence-electron chi connectivity index (χ2n) is 10.7. The molecule has 3 aliphatic rings. The van der Waals surface area contributed by atoms with E-state index in [0.29, 0.717) is 11.5 Å². The number of benzene rings is 2. The molecule has 0 heterocycles. The summed E-state index contributed by atoms with van der Waals surface area (Å²) in [6.45, 7) is 8.11. The van der Waals surface area contributed by atoms with Gasteiger partial charge < -0.3 is 10.2 Å². The van der Waals surface area contributed by atoms with Crippen molar-refractivity contribution in [1.29, 1.82) is 0 Å². The van der Waals surface area contributed by atoms with Crippen molar-refractivity contribution in [2.24, 2.45) is 35.5 Å². The largest absolute Gasteiger partial charge is 0.507 e. The van der Waals surface area contributed by atoms with Gasteiger partial charge in [0.2, 0.25) is 0 Å². The average Bonchev–Trinajstić information content (AvgIpc) is 3.36. The first-order valence-corrected chi connectivity index (χ1v) is 11.9. The molecular weight excluding hydrogens is 368 g/mol. The maximum absolute atomic E-state index is 10.2. The maximum atomic E-state index is 10.2. The summed E-state index contributed by atoms with van der Waals surface area (Å²) in [4.78, 5) is 0. The topological polar surface area (TPSA) is 40.5 Å². The third-order valence-electron chi connectivity index (χ3n) is 8.96. The highest BCUT2D eigenvalue weighted by molar-refractivity contribution is 5.43. The van der Waals surface area contributed by atoms with Crippen LogP contribution in [0, 0.1) is 63.2 Å². The van der Waals surface area contributed by atoms with Gasteiger partial charge in [0.05, 0.1) is 0 Å². The Kier molecular flexibility index (Phi) is 4.87. The summed E-state index contributed by atoms with van der Waals surface area (Å²) in [5, 5.41) is 20.3. The zero-order chi connectivity index (χ0) is 21.2. The van der Waals surface area contributed by atoms with Crippen LogP contribution in [0.1, 0.15) is 59.1 Å². The number of phenols is 2. The second kappa shape index (κ2) is 7.32. The van der Waals surface area contributed by atoms with Crippen LogP contribution >= 0.6 is 0 Å². The predicted octanol–water partition coefficient (Wildman–Crippen LogP) is 6.42. The zero-order valence-electron chi connectivity index (χ0n) is 18.9. The first-order valence-electron chi connectivity index (χ1n) is 11.9. The Morgan fingerprint density at radius 3 is 1.67 bits per heavy atom. The van der Waals surface area contributed by atoms with Crippen molar-refractivity contribution in [2.45, 2.75) is 66.2 Å². The molecule has 3 aliphatic carbocycles. The summed E-state index contributed by atoms with van der Waals surface area (Å²) in [7, 11) is 0. The van der Waals surface area contributed by atoms with E-state index in [1.165, 1.54) is 49.7 Å². The molecular formula is C28H36O2. The molecule has 2 heteroatoms. The Balaban J connectivity index is 1.35. The standard InChI is InChI=1S/C28H36O2/c1-15-9-19(10-16(2)27(15)29)13-21-5-6-23-22-7-8-24(26(21)23)25(22)14-20-11-17(3)28(30)18(4)12-20/h9-12,21-26,29-30H,5-8,13-14H2,1-4H3. The zero-order valence-corrected chi connectivity index (χ0v) is 18.9. The molecule has 0 radical (unpaired) electrons. The molecule has 0 aromatic heterocycles. The summed E-state index contributed by atoms with van der Waals surface area (Å²) in [5.74, 6) is 6.16. The average molecular weight is 405 g/mol. The van der Waals surface area contributed by atoms with Crippen molar-refractivity contribution < 1.29 is 10.2 Å². The highest BCUT2D eigenvalue weighted by atomic mass is 16.3. The third-order valence-corrected chi connectivity index (χ3v) is 8.96. The molecule has 160 valence electrons. The molecule has 0 saturated heterocycles. The minimum Gasteiger partial charge on any atom is -0.507 e. The Morgan fingerprint density at radius 1 is 0.633 bits per heavy atom. The van der Waals surface area contributed by atoms with Crippen LogP contribution in [0.5, 0.6) is 11.5 Å². The van der Waals surface area contributed by atoms with Crippen molar-refractivity contribution in [3.63, 3.8) is 0 Å². The van der Waals surface area contributed by atoms with Gasteiger partial charge in [-0.1, -0.05) is 24.3 Å². The SMILES string of the molecule is Cc1cc(CC2CCC3C4CCC(C4Cc4cc(C)c(O)c(C)c4)C23)cc(C)c1O. The first-order chi connectivity index (χ1) is 14.3. The number of aryl methyl sites for hydroxylation is 4. The highest BCUT2D eigenvalue weighted by Gasteiger charge is 2.58. The van der Waals surface area contributed by atoms with Crippen LogP contribution in [-0.4, -0.2) is 10.2 Å². The number of rotatable bonds is 4.